The summed E-state index contributed by atoms with van der Waals surface area (Å²) in [5.41, 5.74) is -0.401. The zero-order chi connectivity index (χ0) is 19.9. The van der Waals surface area contributed by atoms with Gasteiger partial charge in [0.1, 0.15) is 11.8 Å². The molecule has 1 saturated heterocycles. The van der Waals surface area contributed by atoms with E-state index in [-0.39, 0.29) is 11.8 Å². The molecule has 2 fully saturated rings. The van der Waals surface area contributed by atoms with E-state index in [4.69, 9.17) is 4.42 Å². The van der Waals surface area contributed by atoms with Gasteiger partial charge in [-0.25, -0.2) is 0 Å². The highest BCUT2D eigenvalue weighted by molar-refractivity contribution is 5.80. The molecule has 1 unspecified atom stereocenters. The average Bonchev–Trinajstić information content (AvgIpc) is 3.18. The summed E-state index contributed by atoms with van der Waals surface area (Å²) in [5.74, 6) is 0.763. The number of carbonyl (C=O) groups is 1. The lowest BCUT2D eigenvalue weighted by molar-refractivity contribution is -0.143. The van der Waals surface area contributed by atoms with Gasteiger partial charge in [-0.3, -0.25) is 14.4 Å². The highest BCUT2D eigenvalue weighted by Crippen LogP contribution is 2.43. The minimum absolute atomic E-state index is 0.0731. The lowest BCUT2D eigenvalue weighted by atomic mass is 10.2. The smallest absolute Gasteiger partial charge is 0.435 e. The summed E-state index contributed by atoms with van der Waals surface area (Å²) in [6.45, 7) is 4.79. The van der Waals surface area contributed by atoms with E-state index in [0.29, 0.717) is 38.4 Å². The molecule has 28 heavy (non-hydrogen) atoms. The fourth-order valence-corrected chi connectivity index (χ4v) is 3.66. The standard InChI is InChI=1S/C19H23F3N4O2/c1-13(26-16(14-4-5-14)11-17(23-26)19(20,21)22)18(27)25-8-6-24(7-9-25)12-15-3-2-10-28-15/h2-3,10-11,13-14H,4-9,12H2,1H3. The number of alkyl halides is 3. The molecule has 152 valence electrons. The molecule has 4 rings (SSSR count). The summed E-state index contributed by atoms with van der Waals surface area (Å²) in [7, 11) is 0. The van der Waals surface area contributed by atoms with Crippen LogP contribution in [0.4, 0.5) is 13.2 Å². The Labute approximate surface area is 160 Å². The first-order valence-corrected chi connectivity index (χ1v) is 9.53. The molecule has 0 N–H and O–H groups in total. The molecule has 0 radical (unpaired) electrons. The Morgan fingerprint density at radius 1 is 1.29 bits per heavy atom. The van der Waals surface area contributed by atoms with Crippen LogP contribution in [0.5, 0.6) is 0 Å². The minimum Gasteiger partial charge on any atom is -0.468 e. The number of rotatable bonds is 5. The zero-order valence-corrected chi connectivity index (χ0v) is 15.7. The van der Waals surface area contributed by atoms with Gasteiger partial charge in [-0.05, 0) is 38.0 Å². The van der Waals surface area contributed by atoms with Gasteiger partial charge in [0.25, 0.3) is 0 Å². The highest BCUT2D eigenvalue weighted by Gasteiger charge is 2.39. The molecule has 0 spiro atoms. The lowest BCUT2D eigenvalue weighted by Gasteiger charge is -2.35. The molecule has 1 aliphatic heterocycles. The topological polar surface area (TPSA) is 54.5 Å². The van der Waals surface area contributed by atoms with Crippen LogP contribution in [0.15, 0.2) is 28.9 Å². The third kappa shape index (κ3) is 3.94. The normalized spacial score (nSPS) is 19.8. The van der Waals surface area contributed by atoms with E-state index in [2.05, 4.69) is 10.00 Å². The summed E-state index contributed by atoms with van der Waals surface area (Å²) in [6, 6.07) is 4.11. The molecule has 2 aromatic heterocycles. The molecule has 1 amide bonds. The molecule has 2 aromatic rings. The number of amides is 1. The van der Waals surface area contributed by atoms with Crippen LogP contribution in [0.25, 0.3) is 0 Å². The van der Waals surface area contributed by atoms with Gasteiger partial charge in [0, 0.05) is 37.8 Å². The summed E-state index contributed by atoms with van der Waals surface area (Å²) >= 11 is 0. The maximum absolute atomic E-state index is 13.1. The Morgan fingerprint density at radius 2 is 2.00 bits per heavy atom. The number of halogens is 3. The summed E-state index contributed by atoms with van der Waals surface area (Å²) in [5, 5.41) is 3.74. The van der Waals surface area contributed by atoms with Crippen molar-refractivity contribution >= 4 is 5.91 Å². The largest absolute Gasteiger partial charge is 0.468 e. The van der Waals surface area contributed by atoms with Crippen molar-refractivity contribution < 1.29 is 22.4 Å². The monoisotopic (exact) mass is 396 g/mol. The predicted octanol–water partition coefficient (Wildman–Crippen LogP) is 3.28. The third-order valence-electron chi connectivity index (χ3n) is 5.42. The first kappa shape index (κ1) is 19.0. The predicted molar refractivity (Wildman–Crippen MR) is 94.5 cm³/mol. The van der Waals surface area contributed by atoms with Gasteiger partial charge >= 0.3 is 6.18 Å². The first-order chi connectivity index (χ1) is 13.3. The molecule has 1 aliphatic carbocycles. The number of piperazine rings is 1. The second-order valence-electron chi connectivity index (χ2n) is 7.53. The van der Waals surface area contributed by atoms with Gasteiger partial charge in [-0.2, -0.15) is 18.3 Å². The van der Waals surface area contributed by atoms with E-state index in [1.165, 1.54) is 4.68 Å². The Bertz CT molecular complexity index is 819. The van der Waals surface area contributed by atoms with Crippen molar-refractivity contribution in [3.05, 3.63) is 41.6 Å². The first-order valence-electron chi connectivity index (χ1n) is 9.53. The van der Waals surface area contributed by atoms with Gasteiger partial charge in [0.15, 0.2) is 5.69 Å². The molecule has 9 heteroatoms. The molecule has 0 bridgehead atoms. The lowest BCUT2D eigenvalue weighted by Crippen LogP contribution is -2.50. The van der Waals surface area contributed by atoms with Crippen LogP contribution in [0.2, 0.25) is 0 Å². The Hall–Kier alpha value is -2.29. The molecular weight excluding hydrogens is 373 g/mol. The Kier molecular flexibility index (Phi) is 4.95. The van der Waals surface area contributed by atoms with Gasteiger partial charge < -0.3 is 9.32 Å². The van der Waals surface area contributed by atoms with E-state index in [9.17, 15) is 18.0 Å². The molecule has 0 aromatic carbocycles. The maximum Gasteiger partial charge on any atom is 0.435 e. The van der Waals surface area contributed by atoms with Gasteiger partial charge in [0.2, 0.25) is 5.91 Å². The number of carbonyl (C=O) groups excluding carboxylic acids is 1. The van der Waals surface area contributed by atoms with Crippen LogP contribution in [-0.4, -0.2) is 51.7 Å². The highest BCUT2D eigenvalue weighted by atomic mass is 19.4. The van der Waals surface area contributed by atoms with Crippen molar-refractivity contribution in [3.63, 3.8) is 0 Å². The van der Waals surface area contributed by atoms with Crippen molar-refractivity contribution in [2.24, 2.45) is 0 Å². The number of hydrogen-bond acceptors (Lipinski definition) is 4. The Morgan fingerprint density at radius 3 is 2.57 bits per heavy atom. The number of nitrogens with zero attached hydrogens (tertiary/aromatic N) is 4. The third-order valence-corrected chi connectivity index (χ3v) is 5.42. The molecule has 1 atom stereocenters. The fourth-order valence-electron chi connectivity index (χ4n) is 3.66. The van der Waals surface area contributed by atoms with E-state index in [0.717, 1.165) is 24.7 Å². The molecule has 3 heterocycles. The second-order valence-corrected chi connectivity index (χ2v) is 7.53. The van der Waals surface area contributed by atoms with Crippen LogP contribution in [0.3, 0.4) is 0 Å². The van der Waals surface area contributed by atoms with Crippen molar-refractivity contribution in [2.45, 2.75) is 44.4 Å². The van der Waals surface area contributed by atoms with E-state index < -0.39 is 17.9 Å². The number of furan rings is 1. The summed E-state index contributed by atoms with van der Waals surface area (Å²) in [6.07, 6.45) is -1.19. The quantitative estimate of drug-likeness (QED) is 0.779. The molecule has 6 nitrogen and oxygen atoms in total. The SMILES string of the molecule is CC(C(=O)N1CCN(Cc2ccco2)CC1)n1nc(C(F)(F)F)cc1C1CC1. The van der Waals surface area contributed by atoms with Gasteiger partial charge in [0.05, 0.1) is 12.8 Å². The summed E-state index contributed by atoms with van der Waals surface area (Å²) in [4.78, 5) is 16.8. The van der Waals surface area contributed by atoms with E-state index in [1.54, 1.807) is 18.1 Å². The molecule has 1 saturated carbocycles. The zero-order valence-electron chi connectivity index (χ0n) is 15.7. The van der Waals surface area contributed by atoms with Crippen LogP contribution in [-0.2, 0) is 17.5 Å². The Balaban J connectivity index is 1.42. The molecule has 2 aliphatic rings. The fraction of sp³-hybridized carbons (Fsp3) is 0.579. The van der Waals surface area contributed by atoms with Crippen LogP contribution in [0.1, 0.15) is 48.9 Å². The minimum atomic E-state index is -4.50. The van der Waals surface area contributed by atoms with Crippen molar-refractivity contribution in [1.29, 1.82) is 0 Å². The average molecular weight is 396 g/mol. The van der Waals surface area contributed by atoms with Gasteiger partial charge in [-0.15, -0.1) is 0 Å². The van der Waals surface area contributed by atoms with Crippen molar-refractivity contribution in [1.82, 2.24) is 19.6 Å². The number of aromatic nitrogens is 2. The second kappa shape index (κ2) is 7.27. The van der Waals surface area contributed by atoms with Crippen LogP contribution >= 0.6 is 0 Å². The van der Waals surface area contributed by atoms with Crippen molar-refractivity contribution in [3.8, 4) is 0 Å². The summed E-state index contributed by atoms with van der Waals surface area (Å²) < 4.78 is 45.9. The van der Waals surface area contributed by atoms with Gasteiger partial charge in [-0.1, -0.05) is 0 Å². The number of hydrogen-bond donors (Lipinski definition) is 0. The van der Waals surface area contributed by atoms with E-state index in [1.807, 2.05) is 12.1 Å². The van der Waals surface area contributed by atoms with Crippen LogP contribution < -0.4 is 0 Å². The van der Waals surface area contributed by atoms with Crippen LogP contribution in [0, 0.1) is 0 Å². The van der Waals surface area contributed by atoms with Crippen molar-refractivity contribution in [2.75, 3.05) is 26.2 Å². The maximum atomic E-state index is 13.1. The molecular formula is C19H23F3N4O2. The van der Waals surface area contributed by atoms with E-state index >= 15 is 0 Å².